The molecule has 0 aliphatic heterocycles. The lowest BCUT2D eigenvalue weighted by Gasteiger charge is -2.28. The van der Waals surface area contributed by atoms with E-state index in [2.05, 4.69) is 12.2 Å². The summed E-state index contributed by atoms with van der Waals surface area (Å²) < 4.78 is 10.4. The van der Waals surface area contributed by atoms with Crippen LogP contribution in [0.15, 0.2) is 0 Å². The molecule has 0 aliphatic rings. The molecule has 0 spiro atoms. The SMILES string of the molecule is CCCNC(C)(CO)COCCCOC. The zero-order chi connectivity index (χ0) is 11.6. The zero-order valence-electron chi connectivity index (χ0n) is 10.2. The molecular weight excluding hydrogens is 194 g/mol. The fourth-order valence-electron chi connectivity index (χ4n) is 1.18. The predicted molar refractivity (Wildman–Crippen MR) is 61.1 cm³/mol. The molecule has 4 heteroatoms. The minimum atomic E-state index is -0.316. The summed E-state index contributed by atoms with van der Waals surface area (Å²) in [6.45, 7) is 7.00. The van der Waals surface area contributed by atoms with Gasteiger partial charge >= 0.3 is 0 Å². The first-order valence-electron chi connectivity index (χ1n) is 5.61. The van der Waals surface area contributed by atoms with Crippen molar-refractivity contribution in [1.82, 2.24) is 5.32 Å². The fourth-order valence-corrected chi connectivity index (χ4v) is 1.18. The Morgan fingerprint density at radius 2 is 2.07 bits per heavy atom. The van der Waals surface area contributed by atoms with Crippen molar-refractivity contribution in [2.24, 2.45) is 0 Å². The smallest absolute Gasteiger partial charge is 0.0668 e. The molecule has 0 aromatic carbocycles. The van der Waals surface area contributed by atoms with Crippen LogP contribution in [0.3, 0.4) is 0 Å². The van der Waals surface area contributed by atoms with Crippen LogP contribution < -0.4 is 5.32 Å². The first-order chi connectivity index (χ1) is 7.18. The largest absolute Gasteiger partial charge is 0.394 e. The van der Waals surface area contributed by atoms with Crippen molar-refractivity contribution in [2.45, 2.75) is 32.2 Å². The van der Waals surface area contributed by atoms with E-state index in [0.29, 0.717) is 13.2 Å². The molecule has 0 radical (unpaired) electrons. The van der Waals surface area contributed by atoms with Crippen molar-refractivity contribution in [3.05, 3.63) is 0 Å². The van der Waals surface area contributed by atoms with Crippen LogP contribution in [0, 0.1) is 0 Å². The molecule has 92 valence electrons. The number of hydrogen-bond donors (Lipinski definition) is 2. The Morgan fingerprint density at radius 1 is 1.33 bits per heavy atom. The van der Waals surface area contributed by atoms with Crippen molar-refractivity contribution in [2.75, 3.05) is 40.1 Å². The van der Waals surface area contributed by atoms with Crippen molar-refractivity contribution < 1.29 is 14.6 Å². The minimum Gasteiger partial charge on any atom is -0.394 e. The maximum atomic E-state index is 9.25. The van der Waals surface area contributed by atoms with Crippen molar-refractivity contribution in [1.29, 1.82) is 0 Å². The monoisotopic (exact) mass is 219 g/mol. The molecule has 4 nitrogen and oxygen atoms in total. The maximum Gasteiger partial charge on any atom is 0.0668 e. The first-order valence-corrected chi connectivity index (χ1v) is 5.61. The molecule has 0 bridgehead atoms. The summed E-state index contributed by atoms with van der Waals surface area (Å²) in [5.41, 5.74) is -0.316. The van der Waals surface area contributed by atoms with Gasteiger partial charge in [-0.1, -0.05) is 6.92 Å². The minimum absolute atomic E-state index is 0.0945. The summed E-state index contributed by atoms with van der Waals surface area (Å²) in [6.07, 6.45) is 1.95. The molecule has 0 aliphatic carbocycles. The van der Waals surface area contributed by atoms with Crippen molar-refractivity contribution >= 4 is 0 Å². The Hall–Kier alpha value is -0.160. The van der Waals surface area contributed by atoms with Gasteiger partial charge < -0.3 is 19.9 Å². The van der Waals surface area contributed by atoms with E-state index >= 15 is 0 Å². The zero-order valence-corrected chi connectivity index (χ0v) is 10.2. The molecule has 1 unspecified atom stereocenters. The Bertz CT molecular complexity index is 144. The third-order valence-electron chi connectivity index (χ3n) is 2.21. The molecule has 15 heavy (non-hydrogen) atoms. The summed E-state index contributed by atoms with van der Waals surface area (Å²) in [7, 11) is 1.68. The van der Waals surface area contributed by atoms with Gasteiger partial charge in [-0.05, 0) is 26.3 Å². The Kier molecular flexibility index (Phi) is 9.00. The Morgan fingerprint density at radius 3 is 2.60 bits per heavy atom. The molecular formula is C11H25NO3. The normalized spacial score (nSPS) is 15.2. The van der Waals surface area contributed by atoms with Gasteiger partial charge in [0.25, 0.3) is 0 Å². The molecule has 1 atom stereocenters. The number of nitrogens with one attached hydrogen (secondary N) is 1. The third-order valence-corrected chi connectivity index (χ3v) is 2.21. The van der Waals surface area contributed by atoms with Crippen LogP contribution in [0.1, 0.15) is 26.7 Å². The van der Waals surface area contributed by atoms with Gasteiger partial charge in [-0.15, -0.1) is 0 Å². The lowest BCUT2D eigenvalue weighted by molar-refractivity contribution is 0.0356. The van der Waals surface area contributed by atoms with Gasteiger partial charge in [-0.2, -0.15) is 0 Å². The second kappa shape index (κ2) is 9.09. The first kappa shape index (κ1) is 14.8. The van der Waals surface area contributed by atoms with Gasteiger partial charge in [0, 0.05) is 20.3 Å². The van der Waals surface area contributed by atoms with Gasteiger partial charge in [-0.25, -0.2) is 0 Å². The summed E-state index contributed by atoms with van der Waals surface area (Å²) in [6, 6.07) is 0. The standard InChI is InChI=1S/C11H25NO3/c1-4-6-12-11(2,9-13)10-15-8-5-7-14-3/h12-13H,4-10H2,1-3H3. The molecule has 2 N–H and O–H groups in total. The van der Waals surface area contributed by atoms with Crippen LogP contribution in [0.5, 0.6) is 0 Å². The third kappa shape index (κ3) is 7.73. The predicted octanol–water partition coefficient (Wildman–Crippen LogP) is 0.790. The van der Waals surface area contributed by atoms with E-state index in [1.807, 2.05) is 6.92 Å². The van der Waals surface area contributed by atoms with Crippen LogP contribution in [-0.4, -0.2) is 50.7 Å². The van der Waals surface area contributed by atoms with E-state index in [0.717, 1.165) is 26.0 Å². The molecule has 0 fully saturated rings. The van der Waals surface area contributed by atoms with E-state index in [4.69, 9.17) is 9.47 Å². The average molecular weight is 219 g/mol. The molecule has 0 saturated heterocycles. The van der Waals surface area contributed by atoms with Crippen LogP contribution in [-0.2, 0) is 9.47 Å². The van der Waals surface area contributed by atoms with E-state index in [9.17, 15) is 5.11 Å². The van der Waals surface area contributed by atoms with E-state index in [1.165, 1.54) is 0 Å². The van der Waals surface area contributed by atoms with Gasteiger partial charge in [-0.3, -0.25) is 0 Å². The summed E-state index contributed by atoms with van der Waals surface area (Å²) >= 11 is 0. The Labute approximate surface area is 93.0 Å². The van der Waals surface area contributed by atoms with Crippen LogP contribution >= 0.6 is 0 Å². The summed E-state index contributed by atoms with van der Waals surface area (Å²) in [4.78, 5) is 0. The number of methoxy groups -OCH3 is 1. The highest BCUT2D eigenvalue weighted by Gasteiger charge is 2.22. The second-order valence-corrected chi connectivity index (χ2v) is 4.04. The molecule has 0 aromatic heterocycles. The molecule has 0 rings (SSSR count). The number of hydrogen-bond acceptors (Lipinski definition) is 4. The number of aliphatic hydroxyl groups excluding tert-OH is 1. The molecule has 0 saturated carbocycles. The topological polar surface area (TPSA) is 50.7 Å². The lowest BCUT2D eigenvalue weighted by Crippen LogP contribution is -2.50. The number of rotatable bonds is 10. The summed E-state index contributed by atoms with van der Waals surface area (Å²) in [5, 5.41) is 12.5. The lowest BCUT2D eigenvalue weighted by atomic mass is 10.1. The molecule has 0 aromatic rings. The highest BCUT2D eigenvalue weighted by atomic mass is 16.5. The highest BCUT2D eigenvalue weighted by molar-refractivity contribution is 4.81. The average Bonchev–Trinajstić information content (AvgIpc) is 2.26. The van der Waals surface area contributed by atoms with Crippen molar-refractivity contribution in [3.63, 3.8) is 0 Å². The van der Waals surface area contributed by atoms with Crippen LogP contribution in [0.25, 0.3) is 0 Å². The van der Waals surface area contributed by atoms with Crippen LogP contribution in [0.2, 0.25) is 0 Å². The van der Waals surface area contributed by atoms with E-state index in [1.54, 1.807) is 7.11 Å². The molecule has 0 amide bonds. The van der Waals surface area contributed by atoms with Gasteiger partial charge in [0.1, 0.15) is 0 Å². The fraction of sp³-hybridized carbons (Fsp3) is 1.00. The summed E-state index contributed by atoms with van der Waals surface area (Å²) in [5.74, 6) is 0. The van der Waals surface area contributed by atoms with Gasteiger partial charge in [0.05, 0.1) is 18.8 Å². The van der Waals surface area contributed by atoms with E-state index < -0.39 is 0 Å². The number of aliphatic hydroxyl groups is 1. The van der Waals surface area contributed by atoms with Crippen LogP contribution in [0.4, 0.5) is 0 Å². The van der Waals surface area contributed by atoms with E-state index in [-0.39, 0.29) is 12.1 Å². The van der Waals surface area contributed by atoms with Gasteiger partial charge in [0.2, 0.25) is 0 Å². The molecule has 0 heterocycles. The van der Waals surface area contributed by atoms with Gasteiger partial charge in [0.15, 0.2) is 0 Å². The maximum absolute atomic E-state index is 9.25. The second-order valence-electron chi connectivity index (χ2n) is 4.04. The highest BCUT2D eigenvalue weighted by Crippen LogP contribution is 2.03. The van der Waals surface area contributed by atoms with Crippen molar-refractivity contribution in [3.8, 4) is 0 Å². The quantitative estimate of drug-likeness (QED) is 0.533. The number of ether oxygens (including phenoxy) is 2. The Balaban J connectivity index is 3.58.